The number of aromatic carboxylic acids is 1. The monoisotopic (exact) mass is 257 g/mol. The van der Waals surface area contributed by atoms with Crippen LogP contribution >= 0.6 is 0 Å². The Morgan fingerprint density at radius 2 is 1.95 bits per heavy atom. The molecule has 0 unspecified atom stereocenters. The summed E-state index contributed by atoms with van der Waals surface area (Å²) < 4.78 is 1.60. The molecule has 0 radical (unpaired) electrons. The molecule has 0 atom stereocenters. The molecule has 0 saturated carbocycles. The van der Waals surface area contributed by atoms with Crippen molar-refractivity contribution >= 4 is 18.1 Å². The van der Waals surface area contributed by atoms with E-state index >= 15 is 0 Å². The number of rotatable bonds is 4. The summed E-state index contributed by atoms with van der Waals surface area (Å²) in [6, 6.07) is 9.72. The third kappa shape index (κ3) is 2.88. The highest BCUT2D eigenvalue weighted by atomic mass is 16.4. The maximum atomic E-state index is 11.1. The van der Waals surface area contributed by atoms with Gasteiger partial charge < -0.3 is 5.11 Å². The lowest BCUT2D eigenvalue weighted by Crippen LogP contribution is -2.06. The van der Waals surface area contributed by atoms with Crippen molar-refractivity contribution in [3.63, 3.8) is 0 Å². The van der Waals surface area contributed by atoms with Gasteiger partial charge in [0, 0.05) is 6.04 Å². The largest absolute Gasteiger partial charge is 0.476 e. The van der Waals surface area contributed by atoms with Crippen LogP contribution in [-0.4, -0.2) is 26.1 Å². The van der Waals surface area contributed by atoms with E-state index in [-0.39, 0.29) is 11.7 Å². The Morgan fingerprint density at radius 3 is 2.53 bits per heavy atom. The molecular formula is C14H15N3O2. The lowest BCUT2D eigenvalue weighted by Gasteiger charge is -2.06. The molecule has 0 spiro atoms. The van der Waals surface area contributed by atoms with Gasteiger partial charge in [-0.25, -0.2) is 9.48 Å². The fourth-order valence-corrected chi connectivity index (χ4v) is 1.73. The quantitative estimate of drug-likeness (QED) is 0.914. The Labute approximate surface area is 111 Å². The lowest BCUT2D eigenvalue weighted by atomic mass is 10.2. The van der Waals surface area contributed by atoms with Gasteiger partial charge in [0.15, 0.2) is 5.69 Å². The standard InChI is InChI=1S/C14H15N3O2/c1-10(2)17-12(13(14(18)19)15-16-17)9-8-11-6-4-3-5-7-11/h3-10H,1-2H3,(H,18,19)/b9-8+. The van der Waals surface area contributed by atoms with Gasteiger partial charge in [0.25, 0.3) is 0 Å². The molecule has 1 heterocycles. The molecule has 0 saturated heterocycles. The van der Waals surface area contributed by atoms with Crippen molar-refractivity contribution in [3.05, 3.63) is 47.3 Å². The number of benzene rings is 1. The molecule has 1 aromatic heterocycles. The van der Waals surface area contributed by atoms with Crippen LogP contribution in [-0.2, 0) is 0 Å². The third-order valence-corrected chi connectivity index (χ3v) is 2.66. The molecule has 1 aromatic carbocycles. The number of carboxylic acid groups (broad SMARTS) is 1. The first kappa shape index (κ1) is 13.0. The first-order valence-electron chi connectivity index (χ1n) is 6.01. The fourth-order valence-electron chi connectivity index (χ4n) is 1.73. The average Bonchev–Trinajstić information content (AvgIpc) is 2.81. The summed E-state index contributed by atoms with van der Waals surface area (Å²) in [5.74, 6) is -1.07. The predicted octanol–water partition coefficient (Wildman–Crippen LogP) is 2.73. The maximum absolute atomic E-state index is 11.1. The Balaban J connectivity index is 2.40. The van der Waals surface area contributed by atoms with Gasteiger partial charge in [-0.3, -0.25) is 0 Å². The van der Waals surface area contributed by atoms with Gasteiger partial charge in [0.1, 0.15) is 0 Å². The molecule has 2 rings (SSSR count). The van der Waals surface area contributed by atoms with Crippen molar-refractivity contribution in [2.45, 2.75) is 19.9 Å². The van der Waals surface area contributed by atoms with Crippen molar-refractivity contribution in [1.29, 1.82) is 0 Å². The van der Waals surface area contributed by atoms with Crippen LogP contribution < -0.4 is 0 Å². The number of hydrogen-bond donors (Lipinski definition) is 1. The second kappa shape index (κ2) is 5.48. The van der Waals surface area contributed by atoms with E-state index in [0.717, 1.165) is 5.56 Å². The van der Waals surface area contributed by atoms with Crippen molar-refractivity contribution in [2.24, 2.45) is 0 Å². The number of carboxylic acids is 1. The van der Waals surface area contributed by atoms with E-state index in [1.54, 1.807) is 10.8 Å². The summed E-state index contributed by atoms with van der Waals surface area (Å²) >= 11 is 0. The molecule has 5 nitrogen and oxygen atoms in total. The SMILES string of the molecule is CC(C)n1nnc(C(=O)O)c1/C=C/c1ccccc1. The van der Waals surface area contributed by atoms with Crippen LogP contribution in [0.15, 0.2) is 30.3 Å². The van der Waals surface area contributed by atoms with Crippen LogP contribution in [0.2, 0.25) is 0 Å². The van der Waals surface area contributed by atoms with E-state index in [0.29, 0.717) is 5.69 Å². The van der Waals surface area contributed by atoms with Gasteiger partial charge in [0.05, 0.1) is 5.69 Å². The first-order valence-corrected chi connectivity index (χ1v) is 6.01. The van der Waals surface area contributed by atoms with Crippen LogP contribution in [0.25, 0.3) is 12.2 Å². The molecule has 0 bridgehead atoms. The van der Waals surface area contributed by atoms with Gasteiger partial charge in [0.2, 0.25) is 0 Å². The van der Waals surface area contributed by atoms with E-state index < -0.39 is 5.97 Å². The summed E-state index contributed by atoms with van der Waals surface area (Å²) in [5, 5.41) is 16.7. The number of hydrogen-bond acceptors (Lipinski definition) is 3. The number of carbonyl (C=O) groups is 1. The van der Waals surface area contributed by atoms with Crippen molar-refractivity contribution < 1.29 is 9.90 Å². The van der Waals surface area contributed by atoms with Crippen LogP contribution in [0.3, 0.4) is 0 Å². The highest BCUT2D eigenvalue weighted by molar-refractivity contribution is 5.90. The summed E-state index contributed by atoms with van der Waals surface area (Å²) in [4.78, 5) is 11.1. The van der Waals surface area contributed by atoms with Crippen LogP contribution in [0, 0.1) is 0 Å². The second-order valence-corrected chi connectivity index (χ2v) is 4.41. The van der Waals surface area contributed by atoms with Crippen molar-refractivity contribution in [1.82, 2.24) is 15.0 Å². The molecule has 1 N–H and O–H groups in total. The van der Waals surface area contributed by atoms with E-state index in [1.165, 1.54) is 0 Å². The summed E-state index contributed by atoms with van der Waals surface area (Å²) in [6.07, 6.45) is 3.59. The predicted molar refractivity (Wildman–Crippen MR) is 72.7 cm³/mol. The van der Waals surface area contributed by atoms with Gasteiger partial charge in [-0.15, -0.1) is 5.10 Å². The first-order chi connectivity index (χ1) is 9.09. The van der Waals surface area contributed by atoms with E-state index in [4.69, 9.17) is 5.11 Å². The summed E-state index contributed by atoms with van der Waals surface area (Å²) in [6.45, 7) is 3.86. The van der Waals surface area contributed by atoms with Gasteiger partial charge in [-0.2, -0.15) is 0 Å². The maximum Gasteiger partial charge on any atom is 0.358 e. The molecule has 0 aliphatic heterocycles. The molecule has 5 heteroatoms. The van der Waals surface area contributed by atoms with Gasteiger partial charge in [-0.05, 0) is 25.5 Å². The smallest absolute Gasteiger partial charge is 0.358 e. The van der Waals surface area contributed by atoms with Crippen LogP contribution in [0.4, 0.5) is 0 Å². The minimum atomic E-state index is -1.07. The van der Waals surface area contributed by atoms with E-state index in [1.807, 2.05) is 50.3 Å². The van der Waals surface area contributed by atoms with E-state index in [9.17, 15) is 4.79 Å². The molecular weight excluding hydrogens is 242 g/mol. The highest BCUT2D eigenvalue weighted by Crippen LogP contribution is 2.15. The lowest BCUT2D eigenvalue weighted by molar-refractivity contribution is 0.0690. The zero-order chi connectivity index (χ0) is 13.8. The minimum Gasteiger partial charge on any atom is -0.476 e. The topological polar surface area (TPSA) is 68.0 Å². The molecule has 0 aliphatic carbocycles. The molecule has 2 aromatic rings. The molecule has 98 valence electrons. The van der Waals surface area contributed by atoms with Crippen LogP contribution in [0.5, 0.6) is 0 Å². The molecule has 0 amide bonds. The fraction of sp³-hybridized carbons (Fsp3) is 0.214. The Bertz CT molecular complexity index is 600. The van der Waals surface area contributed by atoms with Gasteiger partial charge in [-0.1, -0.05) is 41.6 Å². The Morgan fingerprint density at radius 1 is 1.26 bits per heavy atom. The zero-order valence-corrected chi connectivity index (χ0v) is 10.8. The normalized spacial score (nSPS) is 11.3. The van der Waals surface area contributed by atoms with E-state index in [2.05, 4.69) is 10.3 Å². The summed E-state index contributed by atoms with van der Waals surface area (Å²) in [5.41, 5.74) is 1.47. The Kier molecular flexibility index (Phi) is 3.75. The Hall–Kier alpha value is -2.43. The number of nitrogens with zero attached hydrogens (tertiary/aromatic N) is 3. The number of aromatic nitrogens is 3. The van der Waals surface area contributed by atoms with Crippen molar-refractivity contribution in [2.75, 3.05) is 0 Å². The average molecular weight is 257 g/mol. The third-order valence-electron chi connectivity index (χ3n) is 2.66. The summed E-state index contributed by atoms with van der Waals surface area (Å²) in [7, 11) is 0. The molecule has 0 fully saturated rings. The second-order valence-electron chi connectivity index (χ2n) is 4.41. The van der Waals surface area contributed by atoms with Gasteiger partial charge >= 0.3 is 5.97 Å². The zero-order valence-electron chi connectivity index (χ0n) is 10.8. The minimum absolute atomic E-state index is 0.0270. The molecule has 19 heavy (non-hydrogen) atoms. The van der Waals surface area contributed by atoms with Crippen LogP contribution in [0.1, 0.15) is 41.6 Å². The highest BCUT2D eigenvalue weighted by Gasteiger charge is 2.18. The molecule has 0 aliphatic rings. The van der Waals surface area contributed by atoms with Crippen molar-refractivity contribution in [3.8, 4) is 0 Å².